The zero-order valence-electron chi connectivity index (χ0n) is 9.41. The quantitative estimate of drug-likeness (QED) is 0.758. The first-order valence-electron chi connectivity index (χ1n) is 4.90. The molecule has 0 aromatic rings. The molecular formula is C10H18O5. The van der Waals surface area contributed by atoms with Crippen LogP contribution in [0.15, 0.2) is 0 Å². The number of rotatable bonds is 4. The van der Waals surface area contributed by atoms with Crippen LogP contribution in [0.4, 0.5) is 0 Å². The molecule has 1 fully saturated rings. The monoisotopic (exact) mass is 218 g/mol. The number of carboxylic acid groups (broad SMARTS) is 1. The molecule has 1 N–H and O–H groups in total. The van der Waals surface area contributed by atoms with Crippen LogP contribution in [0.1, 0.15) is 20.8 Å². The Labute approximate surface area is 89.3 Å². The molecule has 0 unspecified atom stereocenters. The molecule has 0 spiro atoms. The summed E-state index contributed by atoms with van der Waals surface area (Å²) in [6.45, 7) is 6.73. The summed E-state index contributed by atoms with van der Waals surface area (Å²) in [6.07, 6.45) is 0. The first-order chi connectivity index (χ1) is 6.83. The van der Waals surface area contributed by atoms with E-state index in [2.05, 4.69) is 0 Å². The Balaban J connectivity index is 2.32. The lowest BCUT2D eigenvalue weighted by atomic mass is 9.93. The Morgan fingerprint density at radius 2 is 1.87 bits per heavy atom. The largest absolute Gasteiger partial charge is 0.480 e. The molecule has 0 atom stereocenters. The van der Waals surface area contributed by atoms with Crippen LogP contribution in [0.25, 0.3) is 0 Å². The highest BCUT2D eigenvalue weighted by molar-refractivity contribution is 5.67. The Hall–Kier alpha value is -0.650. The van der Waals surface area contributed by atoms with Crippen LogP contribution in [-0.4, -0.2) is 43.3 Å². The van der Waals surface area contributed by atoms with Gasteiger partial charge in [-0.2, -0.15) is 0 Å². The normalized spacial score (nSPS) is 23.7. The second kappa shape index (κ2) is 4.47. The van der Waals surface area contributed by atoms with Crippen LogP contribution in [0.3, 0.4) is 0 Å². The molecule has 0 saturated carbocycles. The van der Waals surface area contributed by atoms with Crippen LogP contribution in [0.2, 0.25) is 0 Å². The molecule has 0 aromatic heterocycles. The zero-order chi connectivity index (χ0) is 11.5. The van der Waals surface area contributed by atoms with E-state index >= 15 is 0 Å². The summed E-state index contributed by atoms with van der Waals surface area (Å²) in [5.41, 5.74) is -0.259. The molecule has 1 saturated heterocycles. The molecule has 0 aromatic carbocycles. The lowest BCUT2D eigenvalue weighted by Gasteiger charge is -2.41. The van der Waals surface area contributed by atoms with E-state index in [1.807, 2.05) is 20.8 Å². The van der Waals surface area contributed by atoms with Gasteiger partial charge in [-0.3, -0.25) is 0 Å². The Bertz CT molecular complexity index is 226. The number of hydrogen-bond donors (Lipinski definition) is 1. The minimum Gasteiger partial charge on any atom is -0.480 e. The van der Waals surface area contributed by atoms with E-state index < -0.39 is 11.8 Å². The van der Waals surface area contributed by atoms with E-state index in [4.69, 9.17) is 19.3 Å². The van der Waals surface area contributed by atoms with Crippen molar-refractivity contribution in [2.45, 2.75) is 26.6 Å². The summed E-state index contributed by atoms with van der Waals surface area (Å²) in [4.78, 5) is 10.3. The first kappa shape index (κ1) is 12.4. The van der Waals surface area contributed by atoms with Crippen molar-refractivity contribution < 1.29 is 24.1 Å². The van der Waals surface area contributed by atoms with Gasteiger partial charge in [0.25, 0.3) is 0 Å². The minimum absolute atomic E-state index is 0.259. The van der Waals surface area contributed by atoms with Gasteiger partial charge in [0.15, 0.2) is 5.79 Å². The fourth-order valence-corrected chi connectivity index (χ4v) is 1.25. The maximum absolute atomic E-state index is 10.3. The third-order valence-electron chi connectivity index (χ3n) is 2.21. The Kier molecular flexibility index (Phi) is 3.70. The third kappa shape index (κ3) is 4.15. The predicted octanol–water partition coefficient (Wildman–Crippen LogP) is 0.877. The summed E-state index contributed by atoms with van der Waals surface area (Å²) >= 11 is 0. The van der Waals surface area contributed by atoms with E-state index in [1.54, 1.807) is 0 Å². The summed E-state index contributed by atoms with van der Waals surface area (Å²) in [5, 5.41) is 8.42. The van der Waals surface area contributed by atoms with Crippen molar-refractivity contribution in [1.82, 2.24) is 0 Å². The molecule has 0 radical (unpaired) electrons. The summed E-state index contributed by atoms with van der Waals surface area (Å²) in [6, 6.07) is 0. The summed E-state index contributed by atoms with van der Waals surface area (Å²) < 4.78 is 16.0. The average Bonchev–Trinajstić information content (AvgIpc) is 2.11. The molecule has 1 heterocycles. The molecule has 88 valence electrons. The molecule has 1 aliphatic heterocycles. The maximum atomic E-state index is 10.3. The van der Waals surface area contributed by atoms with Gasteiger partial charge in [0.1, 0.15) is 6.61 Å². The Morgan fingerprint density at radius 3 is 2.33 bits per heavy atom. The number of ether oxygens (including phenoxy) is 3. The number of carbonyl (C=O) groups is 1. The average molecular weight is 218 g/mol. The van der Waals surface area contributed by atoms with Crippen LogP contribution >= 0.6 is 0 Å². The van der Waals surface area contributed by atoms with Crippen molar-refractivity contribution in [2.75, 3.05) is 26.4 Å². The van der Waals surface area contributed by atoms with Crippen LogP contribution in [0.5, 0.6) is 0 Å². The highest BCUT2D eigenvalue weighted by atomic mass is 16.7. The van der Waals surface area contributed by atoms with Crippen molar-refractivity contribution in [3.8, 4) is 0 Å². The molecule has 1 aliphatic rings. The topological polar surface area (TPSA) is 65.0 Å². The smallest absolute Gasteiger partial charge is 0.329 e. The lowest BCUT2D eigenvalue weighted by molar-refractivity contribution is -0.288. The number of aliphatic carboxylic acids is 1. The molecular weight excluding hydrogens is 200 g/mol. The number of carboxylic acids is 1. The van der Waals surface area contributed by atoms with Crippen molar-refractivity contribution in [3.05, 3.63) is 0 Å². The van der Waals surface area contributed by atoms with Crippen molar-refractivity contribution in [1.29, 1.82) is 0 Å². The van der Waals surface area contributed by atoms with Gasteiger partial charge in [0.05, 0.1) is 19.8 Å². The summed E-state index contributed by atoms with van der Waals surface area (Å²) in [5.74, 6) is -1.51. The standard InChI is InChI=1S/C10H18O5/c1-9(2)14-6-10(3,7-15-9)5-13-4-8(11)12/h4-7H2,1-3H3,(H,11,12). The van der Waals surface area contributed by atoms with Gasteiger partial charge in [0.2, 0.25) is 0 Å². The molecule has 5 nitrogen and oxygen atoms in total. The van der Waals surface area contributed by atoms with Gasteiger partial charge >= 0.3 is 5.97 Å². The van der Waals surface area contributed by atoms with Gasteiger partial charge in [-0.15, -0.1) is 0 Å². The van der Waals surface area contributed by atoms with Gasteiger partial charge in [0, 0.05) is 5.41 Å². The predicted molar refractivity (Wildman–Crippen MR) is 52.5 cm³/mol. The summed E-state index contributed by atoms with van der Waals surface area (Å²) in [7, 11) is 0. The minimum atomic E-state index is -0.962. The van der Waals surface area contributed by atoms with Crippen molar-refractivity contribution in [2.24, 2.45) is 5.41 Å². The van der Waals surface area contributed by atoms with Gasteiger partial charge in [-0.1, -0.05) is 6.92 Å². The van der Waals surface area contributed by atoms with E-state index in [1.165, 1.54) is 0 Å². The second-order valence-electron chi connectivity index (χ2n) is 4.67. The van der Waals surface area contributed by atoms with Crippen LogP contribution in [-0.2, 0) is 19.0 Å². The molecule has 0 aliphatic carbocycles. The van der Waals surface area contributed by atoms with Crippen LogP contribution in [0, 0.1) is 5.41 Å². The van der Waals surface area contributed by atoms with E-state index in [0.717, 1.165) is 0 Å². The number of hydrogen-bond acceptors (Lipinski definition) is 4. The highest BCUT2D eigenvalue weighted by Gasteiger charge is 2.36. The van der Waals surface area contributed by atoms with Gasteiger partial charge in [-0.05, 0) is 13.8 Å². The molecule has 1 rings (SSSR count). The maximum Gasteiger partial charge on any atom is 0.329 e. The molecule has 0 bridgehead atoms. The third-order valence-corrected chi connectivity index (χ3v) is 2.21. The molecule has 5 heteroatoms. The molecule has 15 heavy (non-hydrogen) atoms. The first-order valence-corrected chi connectivity index (χ1v) is 4.90. The fraction of sp³-hybridized carbons (Fsp3) is 0.900. The van der Waals surface area contributed by atoms with Crippen LogP contribution < -0.4 is 0 Å². The molecule has 0 amide bonds. The second-order valence-corrected chi connectivity index (χ2v) is 4.67. The van der Waals surface area contributed by atoms with Gasteiger partial charge in [-0.25, -0.2) is 4.79 Å². The van der Waals surface area contributed by atoms with E-state index in [0.29, 0.717) is 19.8 Å². The van der Waals surface area contributed by atoms with Crippen molar-refractivity contribution in [3.63, 3.8) is 0 Å². The zero-order valence-corrected chi connectivity index (χ0v) is 9.41. The highest BCUT2D eigenvalue weighted by Crippen LogP contribution is 2.29. The van der Waals surface area contributed by atoms with Gasteiger partial charge < -0.3 is 19.3 Å². The Morgan fingerprint density at radius 1 is 1.33 bits per heavy atom. The van der Waals surface area contributed by atoms with E-state index in [-0.39, 0.29) is 12.0 Å². The SMILES string of the molecule is CC1(COCC(=O)O)COC(C)(C)OC1. The fourth-order valence-electron chi connectivity index (χ4n) is 1.25. The lowest BCUT2D eigenvalue weighted by Crippen LogP contribution is -2.47. The van der Waals surface area contributed by atoms with E-state index in [9.17, 15) is 4.79 Å². The van der Waals surface area contributed by atoms with Crippen molar-refractivity contribution >= 4 is 5.97 Å².